The van der Waals surface area contributed by atoms with E-state index in [1.165, 1.54) is 12.2 Å². The quantitative estimate of drug-likeness (QED) is 0.578. The summed E-state index contributed by atoms with van der Waals surface area (Å²) in [4.78, 5) is 17.0. The van der Waals surface area contributed by atoms with Gasteiger partial charge in [-0.25, -0.2) is 4.98 Å². The molecule has 1 aromatic heterocycles. The summed E-state index contributed by atoms with van der Waals surface area (Å²) < 4.78 is 1.73. The molecular formula is C15H19ClN2OS. The Balaban J connectivity index is 2.22. The summed E-state index contributed by atoms with van der Waals surface area (Å²) in [5, 5.41) is 0.672. The van der Waals surface area contributed by atoms with Gasteiger partial charge in [0, 0.05) is 6.54 Å². The van der Waals surface area contributed by atoms with Crippen molar-refractivity contribution in [2.24, 2.45) is 0 Å². The summed E-state index contributed by atoms with van der Waals surface area (Å²) in [7, 11) is 0. The van der Waals surface area contributed by atoms with E-state index in [4.69, 9.17) is 11.6 Å². The number of para-hydroxylation sites is 1. The number of thioether (sulfide) groups is 1. The predicted molar refractivity (Wildman–Crippen MR) is 87.8 cm³/mol. The molecule has 108 valence electrons. The molecule has 0 fully saturated rings. The van der Waals surface area contributed by atoms with Crippen LogP contribution in [-0.2, 0) is 12.4 Å². The Hall–Kier alpha value is -1.00. The summed E-state index contributed by atoms with van der Waals surface area (Å²) >= 11 is 7.80. The lowest BCUT2D eigenvalue weighted by Gasteiger charge is -2.11. The van der Waals surface area contributed by atoms with Gasteiger partial charge in [-0.15, -0.1) is 11.6 Å². The van der Waals surface area contributed by atoms with Crippen molar-refractivity contribution >= 4 is 34.3 Å². The van der Waals surface area contributed by atoms with Gasteiger partial charge in [0.25, 0.3) is 5.56 Å². The van der Waals surface area contributed by atoms with Crippen LogP contribution in [0, 0.1) is 0 Å². The first kappa shape index (κ1) is 15.4. The molecule has 0 saturated heterocycles. The van der Waals surface area contributed by atoms with E-state index < -0.39 is 0 Å². The van der Waals surface area contributed by atoms with E-state index in [2.05, 4.69) is 11.2 Å². The Kier molecular flexibility index (Phi) is 5.92. The maximum atomic E-state index is 12.5. The number of hydrogen-bond donors (Lipinski definition) is 0. The Morgan fingerprint density at radius 2 is 2.05 bits per heavy atom. The van der Waals surface area contributed by atoms with Crippen LogP contribution in [0.15, 0.2) is 29.1 Å². The number of alkyl halides is 1. The highest BCUT2D eigenvalue weighted by molar-refractivity contribution is 7.98. The minimum Gasteiger partial charge on any atom is -0.295 e. The topological polar surface area (TPSA) is 34.9 Å². The molecule has 5 heteroatoms. The third-order valence-corrected chi connectivity index (χ3v) is 4.23. The molecule has 0 saturated carbocycles. The smallest absolute Gasteiger partial charge is 0.261 e. The third kappa shape index (κ3) is 3.55. The van der Waals surface area contributed by atoms with E-state index in [9.17, 15) is 4.79 Å². The summed E-state index contributed by atoms with van der Waals surface area (Å²) in [6.07, 6.45) is 5.42. The summed E-state index contributed by atoms with van der Waals surface area (Å²) in [5.41, 5.74) is 0.753. The fraction of sp³-hybridized carbons (Fsp3) is 0.467. The molecule has 20 heavy (non-hydrogen) atoms. The zero-order valence-electron chi connectivity index (χ0n) is 11.6. The van der Waals surface area contributed by atoms with Crippen molar-refractivity contribution in [3.63, 3.8) is 0 Å². The number of halogens is 1. The number of fused-ring (bicyclic) bond motifs is 1. The van der Waals surface area contributed by atoms with Crippen LogP contribution in [0.5, 0.6) is 0 Å². The second-order valence-electron chi connectivity index (χ2n) is 4.69. The van der Waals surface area contributed by atoms with Crippen LogP contribution >= 0.6 is 23.4 Å². The first-order valence-electron chi connectivity index (χ1n) is 6.81. The van der Waals surface area contributed by atoms with Crippen LogP contribution in [0.3, 0.4) is 0 Å². The van der Waals surface area contributed by atoms with Crippen LogP contribution in [0.1, 0.15) is 25.1 Å². The van der Waals surface area contributed by atoms with E-state index in [1.54, 1.807) is 4.57 Å². The number of hydrogen-bond acceptors (Lipinski definition) is 3. The minimum atomic E-state index is 0.0242. The molecule has 0 radical (unpaired) electrons. The number of aromatic nitrogens is 2. The molecule has 0 bridgehead atoms. The van der Waals surface area contributed by atoms with Crippen molar-refractivity contribution < 1.29 is 0 Å². The summed E-state index contributed by atoms with van der Waals surface area (Å²) in [6.45, 7) is 0.701. The molecule has 0 N–H and O–H groups in total. The first-order chi connectivity index (χ1) is 9.77. The molecule has 2 aromatic rings. The molecule has 1 aromatic carbocycles. The summed E-state index contributed by atoms with van der Waals surface area (Å²) in [6, 6.07) is 7.44. The van der Waals surface area contributed by atoms with Crippen LogP contribution < -0.4 is 5.56 Å². The van der Waals surface area contributed by atoms with Crippen molar-refractivity contribution in [2.45, 2.75) is 31.7 Å². The zero-order valence-corrected chi connectivity index (χ0v) is 13.2. The van der Waals surface area contributed by atoms with Gasteiger partial charge in [-0.3, -0.25) is 9.36 Å². The number of unbranched alkanes of at least 4 members (excludes halogenated alkanes) is 2. The highest BCUT2D eigenvalue weighted by atomic mass is 35.5. The molecular weight excluding hydrogens is 292 g/mol. The second-order valence-corrected chi connectivity index (χ2v) is 5.94. The normalized spacial score (nSPS) is 11.1. The van der Waals surface area contributed by atoms with E-state index in [-0.39, 0.29) is 11.4 Å². The highest BCUT2D eigenvalue weighted by Crippen LogP contribution is 2.11. The van der Waals surface area contributed by atoms with Gasteiger partial charge in [0.1, 0.15) is 5.82 Å². The molecule has 3 nitrogen and oxygen atoms in total. The van der Waals surface area contributed by atoms with Crippen molar-refractivity contribution in [3.05, 3.63) is 40.4 Å². The van der Waals surface area contributed by atoms with E-state index in [0.717, 1.165) is 18.4 Å². The van der Waals surface area contributed by atoms with E-state index in [1.807, 2.05) is 36.0 Å². The van der Waals surface area contributed by atoms with Crippen molar-refractivity contribution in [2.75, 3.05) is 12.0 Å². The zero-order chi connectivity index (χ0) is 14.4. The first-order valence-corrected chi connectivity index (χ1v) is 8.74. The molecule has 2 rings (SSSR count). The highest BCUT2D eigenvalue weighted by Gasteiger charge is 2.09. The van der Waals surface area contributed by atoms with Crippen LogP contribution in [0.2, 0.25) is 0 Å². The monoisotopic (exact) mass is 310 g/mol. The molecule has 1 heterocycles. The lowest BCUT2D eigenvalue weighted by atomic mass is 10.2. The standard InChI is InChI=1S/C15H19ClN2OS/c1-20-10-6-2-5-9-18-14(11-16)17-13-8-4-3-7-12(13)15(18)19/h3-4,7-8H,2,5-6,9-11H2,1H3. The molecule has 0 aliphatic heterocycles. The van der Waals surface area contributed by atoms with Gasteiger partial charge in [-0.1, -0.05) is 18.6 Å². The average molecular weight is 311 g/mol. The molecule has 0 aliphatic rings. The largest absolute Gasteiger partial charge is 0.295 e. The lowest BCUT2D eigenvalue weighted by Crippen LogP contribution is -2.25. The number of rotatable bonds is 7. The van der Waals surface area contributed by atoms with Crippen molar-refractivity contribution in [1.82, 2.24) is 9.55 Å². The van der Waals surface area contributed by atoms with Gasteiger partial charge < -0.3 is 0 Å². The Bertz CT molecular complexity index is 627. The van der Waals surface area contributed by atoms with Crippen LogP contribution in [0.25, 0.3) is 10.9 Å². The van der Waals surface area contributed by atoms with Gasteiger partial charge >= 0.3 is 0 Å². The predicted octanol–water partition coefficient (Wildman–Crippen LogP) is 3.67. The SMILES string of the molecule is CSCCCCCn1c(CCl)nc2ccccc2c1=O. The Morgan fingerprint density at radius 3 is 2.80 bits per heavy atom. The van der Waals surface area contributed by atoms with Gasteiger partial charge in [0.15, 0.2) is 0 Å². The Morgan fingerprint density at radius 1 is 1.25 bits per heavy atom. The molecule has 0 aliphatic carbocycles. The van der Waals surface area contributed by atoms with Crippen molar-refractivity contribution in [3.8, 4) is 0 Å². The third-order valence-electron chi connectivity index (χ3n) is 3.29. The average Bonchev–Trinajstić information content (AvgIpc) is 2.48. The second kappa shape index (κ2) is 7.70. The maximum Gasteiger partial charge on any atom is 0.261 e. The van der Waals surface area contributed by atoms with Crippen LogP contribution in [-0.4, -0.2) is 21.6 Å². The van der Waals surface area contributed by atoms with Crippen LogP contribution in [0.4, 0.5) is 0 Å². The number of nitrogens with zero attached hydrogens (tertiary/aromatic N) is 2. The molecule has 0 amide bonds. The molecule has 0 spiro atoms. The lowest BCUT2D eigenvalue weighted by molar-refractivity contribution is 0.569. The van der Waals surface area contributed by atoms with Gasteiger partial charge in [-0.05, 0) is 37.0 Å². The fourth-order valence-electron chi connectivity index (χ4n) is 2.24. The fourth-order valence-corrected chi connectivity index (χ4v) is 2.94. The van der Waals surface area contributed by atoms with Gasteiger partial charge in [0.05, 0.1) is 16.8 Å². The number of benzene rings is 1. The minimum absolute atomic E-state index is 0.0242. The maximum absolute atomic E-state index is 12.5. The Labute approximate surface area is 128 Å². The summed E-state index contributed by atoms with van der Waals surface area (Å²) in [5.74, 6) is 2.11. The van der Waals surface area contributed by atoms with Gasteiger partial charge in [0.2, 0.25) is 0 Å². The van der Waals surface area contributed by atoms with E-state index >= 15 is 0 Å². The molecule has 0 unspecified atom stereocenters. The van der Waals surface area contributed by atoms with Crippen molar-refractivity contribution in [1.29, 1.82) is 0 Å². The molecule has 0 atom stereocenters. The van der Waals surface area contributed by atoms with E-state index in [0.29, 0.717) is 17.8 Å². The van der Waals surface area contributed by atoms with Gasteiger partial charge in [-0.2, -0.15) is 11.8 Å².